The number of carbonyl (C=O) groups is 1. The van der Waals surface area contributed by atoms with Crippen molar-refractivity contribution in [2.45, 2.75) is 52.0 Å². The molecule has 174 valence electrons. The molecule has 0 aliphatic carbocycles. The van der Waals surface area contributed by atoms with E-state index in [1.54, 1.807) is 19.5 Å². The van der Waals surface area contributed by atoms with E-state index < -0.39 is 5.97 Å². The van der Waals surface area contributed by atoms with Gasteiger partial charge in [-0.2, -0.15) is 0 Å². The molecule has 1 aliphatic rings. The summed E-state index contributed by atoms with van der Waals surface area (Å²) in [6, 6.07) is 6.63. The molecule has 8 nitrogen and oxygen atoms in total. The first kappa shape index (κ1) is 23.8. The molecule has 2 aromatic rings. The van der Waals surface area contributed by atoms with Crippen molar-refractivity contribution >= 4 is 29.5 Å². The van der Waals surface area contributed by atoms with Crippen molar-refractivity contribution in [2.24, 2.45) is 10.9 Å². The first-order valence-electron chi connectivity index (χ1n) is 11.3. The molecule has 1 fully saturated rings. The number of H-pyrrole nitrogens is 1. The van der Waals surface area contributed by atoms with E-state index in [1.807, 2.05) is 6.92 Å². The number of imidazole rings is 1. The first-order valence-corrected chi connectivity index (χ1v) is 11.3. The van der Waals surface area contributed by atoms with Gasteiger partial charge in [-0.15, -0.1) is 0 Å². The molecule has 1 aromatic heterocycles. The van der Waals surface area contributed by atoms with Gasteiger partial charge in [-0.3, -0.25) is 9.79 Å². The van der Waals surface area contributed by atoms with Crippen LogP contribution in [0.2, 0.25) is 0 Å². The van der Waals surface area contributed by atoms with Crippen molar-refractivity contribution in [2.75, 3.05) is 37.0 Å². The van der Waals surface area contributed by atoms with E-state index in [0.717, 1.165) is 55.2 Å². The largest absolute Gasteiger partial charge is 0.481 e. The normalized spacial score (nSPS) is 15.9. The number of rotatable bonds is 10. The molecule has 0 amide bonds. The molecule has 1 aliphatic heterocycles. The fraction of sp³-hybridized carbons (Fsp3) is 0.542. The summed E-state index contributed by atoms with van der Waals surface area (Å²) in [6.07, 6.45) is 5.56. The van der Waals surface area contributed by atoms with E-state index in [9.17, 15) is 9.90 Å². The van der Waals surface area contributed by atoms with Crippen molar-refractivity contribution in [3.63, 3.8) is 0 Å². The van der Waals surface area contributed by atoms with E-state index in [-0.39, 0.29) is 12.3 Å². The summed E-state index contributed by atoms with van der Waals surface area (Å²) >= 11 is 0. The lowest BCUT2D eigenvalue weighted by molar-refractivity contribution is -0.137. The Morgan fingerprint density at radius 3 is 2.78 bits per heavy atom. The number of hydrogen-bond acceptors (Lipinski definition) is 6. The average molecular weight is 442 g/mol. The highest BCUT2D eigenvalue weighted by Crippen LogP contribution is 2.35. The molecule has 0 unspecified atom stereocenters. The standard InChI is InChI=1S/C24H35N5O3/c1-16(2)15-29(20-7-9-32-10-8-20)22-6-5-18(17(3)11-23(30)31)12-21(22)28-24-26-14-19(27-24)13-25-4/h5-6,12-14,16-17,20H,7-11,15H2,1-4H3,(H,30,31)(H2,26,27,28)/b25-13+/t17-/m1/s1. The van der Waals surface area contributed by atoms with Crippen LogP contribution in [0, 0.1) is 5.92 Å². The van der Waals surface area contributed by atoms with Crippen molar-refractivity contribution < 1.29 is 14.6 Å². The van der Waals surface area contributed by atoms with Gasteiger partial charge in [0.2, 0.25) is 5.95 Å². The van der Waals surface area contributed by atoms with Crippen molar-refractivity contribution in [3.05, 3.63) is 35.7 Å². The Balaban J connectivity index is 1.99. The van der Waals surface area contributed by atoms with Gasteiger partial charge in [0.05, 0.1) is 17.8 Å². The van der Waals surface area contributed by atoms with Gasteiger partial charge in [0.1, 0.15) is 5.69 Å². The second-order valence-corrected chi connectivity index (χ2v) is 8.85. The topological polar surface area (TPSA) is 103 Å². The maximum Gasteiger partial charge on any atom is 0.303 e. The highest BCUT2D eigenvalue weighted by atomic mass is 16.5. The van der Waals surface area contributed by atoms with Gasteiger partial charge in [-0.1, -0.05) is 26.8 Å². The van der Waals surface area contributed by atoms with Crippen LogP contribution in [0.1, 0.15) is 57.2 Å². The summed E-state index contributed by atoms with van der Waals surface area (Å²) < 4.78 is 5.60. The number of anilines is 3. The molecule has 3 N–H and O–H groups in total. The minimum Gasteiger partial charge on any atom is -0.481 e. The lowest BCUT2D eigenvalue weighted by atomic mass is 9.95. The van der Waals surface area contributed by atoms with Crippen LogP contribution in [0.4, 0.5) is 17.3 Å². The van der Waals surface area contributed by atoms with Crippen LogP contribution in [-0.2, 0) is 9.53 Å². The first-order chi connectivity index (χ1) is 15.4. The summed E-state index contributed by atoms with van der Waals surface area (Å²) in [5, 5.41) is 12.7. The number of aromatic nitrogens is 2. The van der Waals surface area contributed by atoms with Gasteiger partial charge in [-0.25, -0.2) is 4.98 Å². The van der Waals surface area contributed by atoms with Crippen LogP contribution in [0.25, 0.3) is 0 Å². The fourth-order valence-electron chi connectivity index (χ4n) is 4.15. The van der Waals surface area contributed by atoms with Gasteiger partial charge >= 0.3 is 5.97 Å². The average Bonchev–Trinajstić information content (AvgIpc) is 3.19. The van der Waals surface area contributed by atoms with Crippen molar-refractivity contribution in [3.8, 4) is 0 Å². The maximum absolute atomic E-state index is 11.3. The number of aliphatic carboxylic acids is 1. The van der Waals surface area contributed by atoms with Crippen LogP contribution in [-0.4, -0.2) is 60.1 Å². The van der Waals surface area contributed by atoms with Crippen LogP contribution in [0.5, 0.6) is 0 Å². The predicted octanol–water partition coefficient (Wildman–Crippen LogP) is 4.42. The summed E-state index contributed by atoms with van der Waals surface area (Å²) in [5.41, 5.74) is 3.74. The predicted molar refractivity (Wildman–Crippen MR) is 129 cm³/mol. The number of ether oxygens (including phenoxy) is 1. The zero-order chi connectivity index (χ0) is 23.1. The van der Waals surface area contributed by atoms with E-state index in [1.165, 1.54) is 0 Å². The summed E-state index contributed by atoms with van der Waals surface area (Å²) in [5.74, 6) is 0.227. The van der Waals surface area contributed by atoms with Gasteiger partial charge in [0, 0.05) is 45.3 Å². The third-order valence-corrected chi connectivity index (χ3v) is 5.69. The fourth-order valence-corrected chi connectivity index (χ4v) is 4.15. The maximum atomic E-state index is 11.3. The zero-order valence-corrected chi connectivity index (χ0v) is 19.5. The van der Waals surface area contributed by atoms with E-state index in [2.05, 4.69) is 57.2 Å². The Labute approximate surface area is 190 Å². The van der Waals surface area contributed by atoms with Crippen molar-refractivity contribution in [1.82, 2.24) is 9.97 Å². The van der Waals surface area contributed by atoms with Gasteiger partial charge in [0.25, 0.3) is 0 Å². The van der Waals surface area contributed by atoms with E-state index in [0.29, 0.717) is 17.9 Å². The smallest absolute Gasteiger partial charge is 0.303 e. The Kier molecular flexibility index (Phi) is 8.27. The minimum absolute atomic E-state index is 0.0896. The summed E-state index contributed by atoms with van der Waals surface area (Å²) in [7, 11) is 1.71. The molecule has 1 saturated heterocycles. The molecule has 1 atom stereocenters. The molecular weight excluding hydrogens is 406 g/mol. The third-order valence-electron chi connectivity index (χ3n) is 5.69. The Hall–Kier alpha value is -2.87. The zero-order valence-electron chi connectivity index (χ0n) is 19.5. The molecule has 0 saturated carbocycles. The monoisotopic (exact) mass is 441 g/mol. The second kappa shape index (κ2) is 11.1. The molecule has 3 rings (SSSR count). The van der Waals surface area contributed by atoms with Crippen LogP contribution < -0.4 is 10.2 Å². The number of nitrogens with one attached hydrogen (secondary N) is 2. The number of benzene rings is 1. The number of carboxylic acids is 1. The number of hydrogen-bond donors (Lipinski definition) is 3. The third kappa shape index (κ3) is 6.32. The molecule has 32 heavy (non-hydrogen) atoms. The number of aliphatic imine (C=N–C) groups is 1. The molecule has 8 heteroatoms. The lowest BCUT2D eigenvalue weighted by Gasteiger charge is -2.38. The number of nitrogens with zero attached hydrogens (tertiary/aromatic N) is 3. The van der Waals surface area contributed by atoms with Gasteiger partial charge in [-0.05, 0) is 42.4 Å². The highest BCUT2D eigenvalue weighted by Gasteiger charge is 2.25. The number of carboxylic acid groups (broad SMARTS) is 1. The van der Waals surface area contributed by atoms with Gasteiger partial charge in [0.15, 0.2) is 0 Å². The molecule has 0 radical (unpaired) electrons. The molecule has 1 aromatic carbocycles. The van der Waals surface area contributed by atoms with Crippen molar-refractivity contribution in [1.29, 1.82) is 0 Å². The van der Waals surface area contributed by atoms with E-state index in [4.69, 9.17) is 4.74 Å². The van der Waals surface area contributed by atoms with E-state index >= 15 is 0 Å². The minimum atomic E-state index is -0.797. The van der Waals surface area contributed by atoms with Crippen LogP contribution in [0.3, 0.4) is 0 Å². The second-order valence-electron chi connectivity index (χ2n) is 8.85. The molecular formula is C24H35N5O3. The van der Waals surface area contributed by atoms with Crippen LogP contribution >= 0.6 is 0 Å². The highest BCUT2D eigenvalue weighted by molar-refractivity contribution is 5.79. The van der Waals surface area contributed by atoms with Gasteiger partial charge < -0.3 is 25.0 Å². The molecule has 0 bridgehead atoms. The number of aromatic amines is 1. The van der Waals surface area contributed by atoms with Crippen LogP contribution in [0.15, 0.2) is 29.4 Å². The Morgan fingerprint density at radius 1 is 1.38 bits per heavy atom. The quantitative estimate of drug-likeness (QED) is 0.472. The summed E-state index contributed by atoms with van der Waals surface area (Å²) in [4.78, 5) is 25.5. The Morgan fingerprint density at radius 2 is 2.12 bits per heavy atom. The summed E-state index contributed by atoms with van der Waals surface area (Å²) in [6.45, 7) is 8.87. The SMILES string of the molecule is C/N=C/c1c[nH]c(Nc2cc([C@H](C)CC(=O)O)ccc2N(CC(C)C)C2CCOCC2)n1. The molecule has 0 spiro atoms. The Bertz CT molecular complexity index is 918. The molecule has 2 heterocycles. The lowest BCUT2D eigenvalue weighted by Crippen LogP contribution is -2.42.